The molecule has 0 aliphatic rings. The summed E-state index contributed by atoms with van der Waals surface area (Å²) in [7, 11) is 3.39. The number of methoxy groups -OCH3 is 1. The van der Waals surface area contributed by atoms with Crippen LogP contribution in [0.15, 0.2) is 30.3 Å². The zero-order valence-electron chi connectivity index (χ0n) is 10.8. The largest absolute Gasteiger partial charge is 0.384 e. The summed E-state index contributed by atoms with van der Waals surface area (Å²) in [5, 5.41) is 0. The van der Waals surface area contributed by atoms with Gasteiger partial charge in [0.25, 0.3) is 0 Å². The van der Waals surface area contributed by atoms with Crippen molar-refractivity contribution < 1.29 is 9.13 Å². The average Bonchev–Trinajstić information content (AvgIpc) is 2.38. The van der Waals surface area contributed by atoms with Gasteiger partial charge in [0.2, 0.25) is 0 Å². The lowest BCUT2D eigenvalue weighted by Gasteiger charge is -2.19. The number of halogens is 1. The second kappa shape index (κ2) is 5.62. The normalized spacial score (nSPS) is 10.5. The Morgan fingerprint density at radius 3 is 2.58 bits per heavy atom. The lowest BCUT2D eigenvalue weighted by molar-refractivity contribution is 0.178. The number of nitrogens with zero attached hydrogens (tertiary/aromatic N) is 3. The predicted molar refractivity (Wildman–Crippen MR) is 71.6 cm³/mol. The van der Waals surface area contributed by atoms with Gasteiger partial charge in [-0.1, -0.05) is 0 Å². The van der Waals surface area contributed by atoms with Crippen LogP contribution in [0.3, 0.4) is 0 Å². The van der Waals surface area contributed by atoms with E-state index in [1.54, 1.807) is 30.2 Å². The van der Waals surface area contributed by atoms with Crippen molar-refractivity contribution in [1.29, 1.82) is 0 Å². The van der Waals surface area contributed by atoms with Crippen LogP contribution in [0.4, 0.5) is 21.7 Å². The number of hydrogen-bond acceptors (Lipinski definition) is 5. The number of hydrogen-bond donors (Lipinski definition) is 1. The van der Waals surface area contributed by atoms with Crippen molar-refractivity contribution >= 4 is 17.3 Å². The number of rotatable bonds is 4. The summed E-state index contributed by atoms with van der Waals surface area (Å²) in [5.41, 5.74) is 6.54. The first-order valence-electron chi connectivity index (χ1n) is 5.72. The molecule has 100 valence electrons. The van der Waals surface area contributed by atoms with Crippen LogP contribution >= 0.6 is 0 Å². The fourth-order valence-corrected chi connectivity index (χ4v) is 1.67. The Kier molecular flexibility index (Phi) is 3.91. The minimum Gasteiger partial charge on any atom is -0.384 e. The van der Waals surface area contributed by atoms with E-state index in [2.05, 4.69) is 9.97 Å². The summed E-state index contributed by atoms with van der Waals surface area (Å²) in [6.45, 7) is 0.287. The van der Waals surface area contributed by atoms with Crippen molar-refractivity contribution in [3.63, 3.8) is 0 Å². The first kappa shape index (κ1) is 13.2. The molecule has 2 rings (SSSR count). The Balaban J connectivity index is 2.32. The molecule has 2 aromatic rings. The molecule has 0 fully saturated rings. The summed E-state index contributed by atoms with van der Waals surface area (Å²) in [4.78, 5) is 10.2. The van der Waals surface area contributed by atoms with Gasteiger partial charge in [-0.2, -0.15) is 0 Å². The van der Waals surface area contributed by atoms with Gasteiger partial charge in [-0.05, 0) is 24.3 Å². The van der Waals surface area contributed by atoms with Crippen LogP contribution in [-0.2, 0) is 11.3 Å². The Morgan fingerprint density at radius 1 is 1.26 bits per heavy atom. The topological polar surface area (TPSA) is 64.3 Å². The third-order valence-electron chi connectivity index (χ3n) is 2.61. The van der Waals surface area contributed by atoms with Gasteiger partial charge in [0, 0.05) is 25.9 Å². The fourth-order valence-electron chi connectivity index (χ4n) is 1.67. The Morgan fingerprint density at radius 2 is 1.95 bits per heavy atom. The van der Waals surface area contributed by atoms with Crippen molar-refractivity contribution in [3.8, 4) is 0 Å². The molecular weight excluding hydrogens is 247 g/mol. The maximum atomic E-state index is 12.9. The number of nitrogen functional groups attached to an aromatic ring is 1. The van der Waals surface area contributed by atoms with Crippen molar-refractivity contribution in [2.24, 2.45) is 0 Å². The third kappa shape index (κ3) is 3.17. The van der Waals surface area contributed by atoms with Gasteiger partial charge >= 0.3 is 0 Å². The van der Waals surface area contributed by atoms with E-state index in [0.717, 1.165) is 5.69 Å². The van der Waals surface area contributed by atoms with E-state index in [-0.39, 0.29) is 12.4 Å². The lowest BCUT2D eigenvalue weighted by Crippen LogP contribution is -2.14. The zero-order valence-corrected chi connectivity index (χ0v) is 10.8. The molecule has 19 heavy (non-hydrogen) atoms. The van der Waals surface area contributed by atoms with Gasteiger partial charge in [-0.25, -0.2) is 14.4 Å². The highest BCUT2D eigenvalue weighted by Gasteiger charge is 2.09. The summed E-state index contributed by atoms with van der Waals surface area (Å²) in [6, 6.07) is 7.79. The van der Waals surface area contributed by atoms with Gasteiger partial charge < -0.3 is 15.4 Å². The molecule has 6 heteroatoms. The molecule has 0 radical (unpaired) electrons. The molecule has 2 N–H and O–H groups in total. The highest BCUT2D eigenvalue weighted by molar-refractivity contribution is 5.61. The van der Waals surface area contributed by atoms with Gasteiger partial charge in [0.1, 0.15) is 24.1 Å². The number of nitrogens with two attached hydrogens (primary N) is 1. The molecule has 0 saturated heterocycles. The maximum Gasteiger partial charge on any atom is 0.158 e. The molecule has 0 amide bonds. The number of ether oxygens (including phenoxy) is 1. The number of aromatic nitrogens is 2. The first-order valence-corrected chi connectivity index (χ1v) is 5.72. The van der Waals surface area contributed by atoms with Crippen LogP contribution in [0.25, 0.3) is 0 Å². The SMILES string of the molecule is COCc1nc(N)cc(N(C)c2ccc(F)cc2)n1. The third-order valence-corrected chi connectivity index (χ3v) is 2.61. The summed E-state index contributed by atoms with van der Waals surface area (Å²) >= 11 is 0. The molecule has 0 bridgehead atoms. The van der Waals surface area contributed by atoms with E-state index in [9.17, 15) is 4.39 Å². The molecule has 1 aromatic heterocycles. The van der Waals surface area contributed by atoms with Crippen LogP contribution in [0.1, 0.15) is 5.82 Å². The first-order chi connectivity index (χ1) is 9.10. The van der Waals surface area contributed by atoms with E-state index in [4.69, 9.17) is 10.5 Å². The van der Waals surface area contributed by atoms with Crippen LogP contribution in [0, 0.1) is 5.82 Å². The lowest BCUT2D eigenvalue weighted by atomic mass is 10.3. The van der Waals surface area contributed by atoms with Crippen molar-refractivity contribution in [2.75, 3.05) is 24.8 Å². The molecular formula is C13H15FN4O. The van der Waals surface area contributed by atoms with Crippen LogP contribution in [0.5, 0.6) is 0 Å². The van der Waals surface area contributed by atoms with E-state index < -0.39 is 0 Å². The standard InChI is InChI=1S/C13H15FN4O/c1-18(10-5-3-9(14)4-6-10)13-7-11(15)16-12(17-13)8-19-2/h3-7H,8H2,1-2H3,(H2,15,16,17). The van der Waals surface area contributed by atoms with Crippen molar-refractivity contribution in [3.05, 3.63) is 42.0 Å². The number of anilines is 3. The van der Waals surface area contributed by atoms with Crippen molar-refractivity contribution in [1.82, 2.24) is 9.97 Å². The molecule has 0 aliphatic heterocycles. The molecule has 1 heterocycles. The predicted octanol–water partition coefficient (Wildman–Crippen LogP) is 2.11. The molecule has 0 atom stereocenters. The second-order valence-corrected chi connectivity index (χ2v) is 4.04. The number of benzene rings is 1. The highest BCUT2D eigenvalue weighted by atomic mass is 19.1. The Hall–Kier alpha value is -2.21. The van der Waals surface area contributed by atoms with E-state index in [1.165, 1.54) is 12.1 Å². The highest BCUT2D eigenvalue weighted by Crippen LogP contribution is 2.23. The monoisotopic (exact) mass is 262 g/mol. The van der Waals surface area contributed by atoms with Gasteiger partial charge in [0.15, 0.2) is 5.82 Å². The maximum absolute atomic E-state index is 12.9. The van der Waals surface area contributed by atoms with Gasteiger partial charge in [-0.3, -0.25) is 0 Å². The van der Waals surface area contributed by atoms with E-state index >= 15 is 0 Å². The zero-order chi connectivity index (χ0) is 13.8. The molecule has 0 spiro atoms. The van der Waals surface area contributed by atoms with Gasteiger partial charge in [-0.15, -0.1) is 0 Å². The van der Waals surface area contributed by atoms with E-state index in [0.29, 0.717) is 17.5 Å². The average molecular weight is 262 g/mol. The second-order valence-electron chi connectivity index (χ2n) is 4.04. The smallest absolute Gasteiger partial charge is 0.158 e. The molecule has 0 aliphatic carbocycles. The summed E-state index contributed by atoms with van der Waals surface area (Å²) in [6.07, 6.45) is 0. The Labute approximate surface area is 110 Å². The Bertz CT molecular complexity index is 559. The van der Waals surface area contributed by atoms with Crippen LogP contribution in [-0.4, -0.2) is 24.1 Å². The quantitative estimate of drug-likeness (QED) is 0.914. The minimum absolute atomic E-state index is 0.278. The van der Waals surface area contributed by atoms with Crippen molar-refractivity contribution in [2.45, 2.75) is 6.61 Å². The van der Waals surface area contributed by atoms with Crippen LogP contribution < -0.4 is 10.6 Å². The van der Waals surface area contributed by atoms with Crippen LogP contribution in [0.2, 0.25) is 0 Å². The molecule has 0 unspecified atom stereocenters. The summed E-state index contributed by atoms with van der Waals surface area (Å²) < 4.78 is 17.9. The molecule has 1 aromatic carbocycles. The minimum atomic E-state index is -0.278. The molecule has 5 nitrogen and oxygen atoms in total. The fraction of sp³-hybridized carbons (Fsp3) is 0.231. The summed E-state index contributed by atoms with van der Waals surface area (Å²) in [5.74, 6) is 1.23. The van der Waals surface area contributed by atoms with Gasteiger partial charge in [0.05, 0.1) is 0 Å². The van der Waals surface area contributed by atoms with E-state index in [1.807, 2.05) is 7.05 Å². The molecule has 0 saturated carbocycles.